The molecule has 0 bridgehead atoms. The number of H-pyrrole nitrogens is 1. The molecule has 2 heterocycles. The maximum absolute atomic E-state index is 14.1. The first kappa shape index (κ1) is 18.1. The summed E-state index contributed by atoms with van der Waals surface area (Å²) in [5.74, 6) is -2.04. The number of aromatic nitrogens is 6. The first-order valence-corrected chi connectivity index (χ1v) is 8.26. The van der Waals surface area contributed by atoms with Crippen molar-refractivity contribution in [1.29, 1.82) is 0 Å². The van der Waals surface area contributed by atoms with Crippen LogP contribution in [0.1, 0.15) is 10.5 Å². The molecule has 0 aliphatic carbocycles. The Morgan fingerprint density at radius 3 is 2.34 bits per heavy atom. The molecular formula is C18H12F2N8O. The van der Waals surface area contributed by atoms with Gasteiger partial charge in [-0.2, -0.15) is 5.21 Å². The van der Waals surface area contributed by atoms with Crippen molar-refractivity contribution in [1.82, 2.24) is 30.8 Å². The van der Waals surface area contributed by atoms with E-state index in [0.29, 0.717) is 17.1 Å². The average Bonchev–Trinajstić information content (AvgIpc) is 3.23. The number of carbonyl (C=O) groups is 1. The maximum atomic E-state index is 14.1. The number of rotatable bonds is 5. The van der Waals surface area contributed by atoms with Gasteiger partial charge >= 0.3 is 0 Å². The largest absolute Gasteiger partial charge is 0.364 e. The highest BCUT2D eigenvalue weighted by molar-refractivity contribution is 5.97. The Morgan fingerprint density at radius 2 is 1.72 bits per heavy atom. The zero-order valence-corrected chi connectivity index (χ0v) is 14.6. The predicted octanol–water partition coefficient (Wildman–Crippen LogP) is 2.44. The molecule has 0 saturated carbocycles. The number of nitrogens with zero attached hydrogens (tertiary/aromatic N) is 5. The third-order valence-electron chi connectivity index (χ3n) is 4.01. The minimum atomic E-state index is -0.844. The van der Waals surface area contributed by atoms with E-state index in [1.165, 1.54) is 12.1 Å². The van der Waals surface area contributed by atoms with E-state index in [-0.39, 0.29) is 22.6 Å². The second-order valence-corrected chi connectivity index (χ2v) is 5.89. The Labute approximate surface area is 162 Å². The van der Waals surface area contributed by atoms with Gasteiger partial charge in [0.05, 0.1) is 11.3 Å². The zero-order chi connectivity index (χ0) is 20.4. The van der Waals surface area contributed by atoms with Crippen molar-refractivity contribution in [2.75, 3.05) is 5.32 Å². The molecule has 0 atom stereocenters. The molecule has 144 valence electrons. The molecular weight excluding hydrogens is 382 g/mol. The molecule has 0 spiro atoms. The Kier molecular flexibility index (Phi) is 4.61. The van der Waals surface area contributed by atoms with E-state index >= 15 is 0 Å². The van der Waals surface area contributed by atoms with Gasteiger partial charge in [0.25, 0.3) is 5.91 Å². The lowest BCUT2D eigenvalue weighted by molar-refractivity contribution is 0.0995. The molecule has 2 aromatic carbocycles. The van der Waals surface area contributed by atoms with Crippen LogP contribution in [0.25, 0.3) is 22.6 Å². The Balaban J connectivity index is 1.71. The number of carbonyl (C=O) groups excluding carboxylic acids is 1. The van der Waals surface area contributed by atoms with Crippen LogP contribution >= 0.6 is 0 Å². The molecule has 11 heteroatoms. The lowest BCUT2D eigenvalue weighted by Gasteiger charge is -2.11. The van der Waals surface area contributed by atoms with Crippen LogP contribution < -0.4 is 11.1 Å². The van der Waals surface area contributed by atoms with Crippen molar-refractivity contribution in [2.45, 2.75) is 0 Å². The van der Waals surface area contributed by atoms with E-state index in [1.807, 2.05) is 0 Å². The summed E-state index contributed by atoms with van der Waals surface area (Å²) in [6.07, 6.45) is 0. The van der Waals surface area contributed by atoms with Gasteiger partial charge < -0.3 is 11.1 Å². The molecule has 4 N–H and O–H groups in total. The fraction of sp³-hybridized carbons (Fsp3) is 0. The van der Waals surface area contributed by atoms with Crippen LogP contribution in [0, 0.1) is 11.6 Å². The summed E-state index contributed by atoms with van der Waals surface area (Å²) in [6.45, 7) is 0. The Morgan fingerprint density at radius 1 is 1.00 bits per heavy atom. The van der Waals surface area contributed by atoms with Crippen LogP contribution in [0.3, 0.4) is 0 Å². The number of amides is 1. The van der Waals surface area contributed by atoms with Crippen molar-refractivity contribution in [3.63, 3.8) is 0 Å². The van der Waals surface area contributed by atoms with E-state index in [9.17, 15) is 13.6 Å². The van der Waals surface area contributed by atoms with Crippen molar-refractivity contribution >= 4 is 17.3 Å². The van der Waals surface area contributed by atoms with Crippen molar-refractivity contribution in [2.24, 2.45) is 5.73 Å². The van der Waals surface area contributed by atoms with Crippen LogP contribution in [-0.2, 0) is 0 Å². The van der Waals surface area contributed by atoms with Gasteiger partial charge in [-0.25, -0.2) is 8.78 Å². The van der Waals surface area contributed by atoms with Gasteiger partial charge in [0.15, 0.2) is 5.69 Å². The van der Waals surface area contributed by atoms with Gasteiger partial charge in [-0.05, 0) is 47.7 Å². The summed E-state index contributed by atoms with van der Waals surface area (Å²) in [4.78, 5) is 11.7. The highest BCUT2D eigenvalue weighted by Gasteiger charge is 2.18. The van der Waals surface area contributed by atoms with Gasteiger partial charge in [-0.3, -0.25) is 4.79 Å². The molecule has 2 aromatic heterocycles. The van der Waals surface area contributed by atoms with Crippen LogP contribution in [0.2, 0.25) is 0 Å². The number of primary amides is 1. The number of halogens is 2. The Bertz CT molecular complexity index is 1160. The molecule has 4 aromatic rings. The quantitative estimate of drug-likeness (QED) is 0.473. The van der Waals surface area contributed by atoms with E-state index in [1.54, 1.807) is 24.3 Å². The number of anilines is 2. The molecule has 4 rings (SSSR count). The highest BCUT2D eigenvalue weighted by Crippen LogP contribution is 2.29. The number of tetrazole rings is 1. The van der Waals surface area contributed by atoms with Gasteiger partial charge in [0, 0.05) is 11.3 Å². The minimum absolute atomic E-state index is 0.0866. The average molecular weight is 394 g/mol. The fourth-order valence-electron chi connectivity index (χ4n) is 2.68. The van der Waals surface area contributed by atoms with Crippen molar-refractivity contribution < 1.29 is 13.6 Å². The summed E-state index contributed by atoms with van der Waals surface area (Å²) in [5, 5.41) is 24.1. The van der Waals surface area contributed by atoms with Gasteiger partial charge in [-0.1, -0.05) is 6.07 Å². The first-order chi connectivity index (χ1) is 14.0. The standard InChI is InChI=1S/C18H12F2N8O/c19-11-2-1-3-12(20)15(11)13-8-14(16(17(21)29)24-23-13)22-10-6-4-9(5-7-10)18-25-27-28-26-18/h1-8H,(H2,21,29)(H,22,23)(H,25,26,27,28). The van der Waals surface area contributed by atoms with Crippen LogP contribution in [0.15, 0.2) is 48.5 Å². The van der Waals surface area contributed by atoms with E-state index in [0.717, 1.165) is 12.1 Å². The van der Waals surface area contributed by atoms with Crippen molar-refractivity contribution in [3.8, 4) is 22.6 Å². The van der Waals surface area contributed by atoms with Gasteiger partial charge in [0.1, 0.15) is 17.3 Å². The van der Waals surface area contributed by atoms with Gasteiger partial charge in [-0.15, -0.1) is 20.4 Å². The number of aromatic amines is 1. The second-order valence-electron chi connectivity index (χ2n) is 5.89. The third kappa shape index (κ3) is 3.60. The predicted molar refractivity (Wildman–Crippen MR) is 98.8 cm³/mol. The summed E-state index contributed by atoms with van der Waals surface area (Å²) in [5.41, 5.74) is 6.16. The van der Waals surface area contributed by atoms with Crippen LogP contribution in [0.4, 0.5) is 20.2 Å². The van der Waals surface area contributed by atoms with Crippen LogP contribution in [-0.4, -0.2) is 36.7 Å². The normalized spacial score (nSPS) is 10.7. The van der Waals surface area contributed by atoms with Crippen LogP contribution in [0.5, 0.6) is 0 Å². The number of benzene rings is 2. The van der Waals surface area contributed by atoms with Crippen molar-refractivity contribution in [3.05, 3.63) is 65.9 Å². The minimum Gasteiger partial charge on any atom is -0.364 e. The molecule has 0 fully saturated rings. The maximum Gasteiger partial charge on any atom is 0.271 e. The smallest absolute Gasteiger partial charge is 0.271 e. The first-order valence-electron chi connectivity index (χ1n) is 8.26. The van der Waals surface area contributed by atoms with E-state index < -0.39 is 17.5 Å². The summed E-state index contributed by atoms with van der Waals surface area (Å²) < 4.78 is 28.2. The topological polar surface area (TPSA) is 135 Å². The molecule has 0 radical (unpaired) electrons. The van der Waals surface area contributed by atoms with Gasteiger partial charge in [0.2, 0.25) is 5.82 Å². The molecule has 29 heavy (non-hydrogen) atoms. The summed E-state index contributed by atoms with van der Waals surface area (Å²) in [7, 11) is 0. The van der Waals surface area contributed by atoms with E-state index in [4.69, 9.17) is 5.73 Å². The number of hydrogen-bond donors (Lipinski definition) is 3. The second kappa shape index (κ2) is 7.38. The fourth-order valence-corrected chi connectivity index (χ4v) is 2.68. The molecule has 0 unspecified atom stereocenters. The molecule has 0 aliphatic rings. The third-order valence-corrected chi connectivity index (χ3v) is 4.01. The number of hydrogen-bond acceptors (Lipinski definition) is 7. The summed E-state index contributed by atoms with van der Waals surface area (Å²) in [6, 6.07) is 11.6. The monoisotopic (exact) mass is 394 g/mol. The molecule has 9 nitrogen and oxygen atoms in total. The summed E-state index contributed by atoms with van der Waals surface area (Å²) >= 11 is 0. The SMILES string of the molecule is NC(=O)c1nnc(-c2c(F)cccc2F)cc1Nc1ccc(-c2nn[nH]n2)cc1. The number of nitrogens with one attached hydrogen (secondary N) is 2. The Hall–Kier alpha value is -4.28. The molecule has 0 saturated heterocycles. The van der Waals surface area contributed by atoms with E-state index in [2.05, 4.69) is 36.1 Å². The highest BCUT2D eigenvalue weighted by atomic mass is 19.1. The lowest BCUT2D eigenvalue weighted by Crippen LogP contribution is -2.16. The zero-order valence-electron chi connectivity index (χ0n) is 14.6. The number of nitrogens with two attached hydrogens (primary N) is 1. The lowest BCUT2D eigenvalue weighted by atomic mass is 10.1. The molecule has 1 amide bonds. The molecule has 0 aliphatic heterocycles.